The number of nitrogens with zero attached hydrogens (tertiary/aromatic N) is 2. The Morgan fingerprint density at radius 1 is 1.04 bits per heavy atom. The number of hydrogen-bond acceptors (Lipinski definition) is 4. The minimum atomic E-state index is -0.759. The number of aryl methyl sites for hydroxylation is 1. The molecule has 0 radical (unpaired) electrons. The van der Waals surface area contributed by atoms with Crippen LogP contribution in [-0.2, 0) is 7.05 Å². The van der Waals surface area contributed by atoms with Crippen molar-refractivity contribution in [3.63, 3.8) is 0 Å². The van der Waals surface area contributed by atoms with Crippen molar-refractivity contribution in [1.82, 2.24) is 14.5 Å². The van der Waals surface area contributed by atoms with Gasteiger partial charge in [0, 0.05) is 12.6 Å². The van der Waals surface area contributed by atoms with Gasteiger partial charge in [0.1, 0.15) is 0 Å². The van der Waals surface area contributed by atoms with Crippen LogP contribution in [0.25, 0.3) is 21.3 Å². The van der Waals surface area contributed by atoms with Crippen LogP contribution in [0.15, 0.2) is 57.0 Å². The van der Waals surface area contributed by atoms with Crippen molar-refractivity contribution < 1.29 is 4.79 Å². The van der Waals surface area contributed by atoms with E-state index >= 15 is 0 Å². The zero-order chi connectivity index (χ0) is 17.6. The normalized spacial score (nSPS) is 12.1. The Hall–Kier alpha value is -3.26. The lowest BCUT2D eigenvalue weighted by Gasteiger charge is -2.00. The first-order valence-corrected chi connectivity index (χ1v) is 8.24. The maximum absolute atomic E-state index is 12.5. The lowest BCUT2D eigenvalue weighted by atomic mass is 10.2. The lowest BCUT2D eigenvalue weighted by Crippen LogP contribution is -2.28. The van der Waals surface area contributed by atoms with E-state index in [9.17, 15) is 14.4 Å². The van der Waals surface area contributed by atoms with Gasteiger partial charge < -0.3 is 14.5 Å². The van der Waals surface area contributed by atoms with Crippen molar-refractivity contribution in [2.45, 2.75) is 0 Å². The third kappa shape index (κ3) is 2.62. The quantitative estimate of drug-likeness (QED) is 0.508. The van der Waals surface area contributed by atoms with Crippen molar-refractivity contribution in [3.05, 3.63) is 73.5 Å². The minimum Gasteiger partial charge on any atom is -0.319 e. The summed E-state index contributed by atoms with van der Waals surface area (Å²) in [4.78, 5) is 45.0. The molecule has 25 heavy (non-hydrogen) atoms. The van der Waals surface area contributed by atoms with Crippen LogP contribution in [0.4, 0.5) is 0 Å². The van der Waals surface area contributed by atoms with Crippen molar-refractivity contribution in [2.75, 3.05) is 0 Å². The molecule has 0 saturated heterocycles. The summed E-state index contributed by atoms with van der Waals surface area (Å²) in [5, 5.41) is 0. The molecule has 0 saturated carbocycles. The second-order valence-electron chi connectivity index (χ2n) is 5.50. The van der Waals surface area contributed by atoms with E-state index in [2.05, 4.69) is 15.0 Å². The van der Waals surface area contributed by atoms with E-state index in [1.54, 1.807) is 12.1 Å². The van der Waals surface area contributed by atoms with Crippen molar-refractivity contribution >= 4 is 38.5 Å². The number of thiazole rings is 1. The number of para-hydroxylation sites is 1. The van der Waals surface area contributed by atoms with Gasteiger partial charge in [0.15, 0.2) is 4.80 Å². The molecular formula is C17H12N4O3S. The van der Waals surface area contributed by atoms with Gasteiger partial charge in [0.2, 0.25) is 0 Å². The number of rotatable bonds is 1. The number of carbonyl (C=O) groups excluding carboxylic acids is 1. The average Bonchev–Trinajstić information content (AvgIpc) is 2.92. The van der Waals surface area contributed by atoms with Crippen LogP contribution in [0, 0.1) is 0 Å². The highest BCUT2D eigenvalue weighted by atomic mass is 32.1. The molecule has 0 unspecified atom stereocenters. The molecule has 2 aromatic carbocycles. The molecule has 4 aromatic rings. The lowest BCUT2D eigenvalue weighted by molar-refractivity contribution is 0.0998. The van der Waals surface area contributed by atoms with Crippen LogP contribution in [-0.4, -0.2) is 20.4 Å². The maximum Gasteiger partial charge on any atom is 0.314 e. The molecule has 0 spiro atoms. The van der Waals surface area contributed by atoms with Crippen LogP contribution in [0.2, 0.25) is 0 Å². The summed E-state index contributed by atoms with van der Waals surface area (Å²) in [6.07, 6.45) is 0. The fraction of sp³-hybridized carbons (Fsp3) is 0.0588. The van der Waals surface area contributed by atoms with Gasteiger partial charge in [-0.25, -0.2) is 0 Å². The molecule has 0 aliphatic rings. The van der Waals surface area contributed by atoms with E-state index in [4.69, 9.17) is 0 Å². The average molecular weight is 352 g/mol. The van der Waals surface area contributed by atoms with Gasteiger partial charge >= 0.3 is 11.1 Å². The van der Waals surface area contributed by atoms with Crippen LogP contribution in [0.1, 0.15) is 10.4 Å². The number of aromatic nitrogens is 3. The van der Waals surface area contributed by atoms with E-state index in [0.29, 0.717) is 21.4 Å². The summed E-state index contributed by atoms with van der Waals surface area (Å²) in [5.74, 6) is -0.420. The number of carbonyl (C=O) groups is 1. The summed E-state index contributed by atoms with van der Waals surface area (Å²) >= 11 is 1.43. The smallest absolute Gasteiger partial charge is 0.314 e. The molecule has 8 heteroatoms. The number of nitrogens with one attached hydrogen (secondary N) is 2. The van der Waals surface area contributed by atoms with Crippen LogP contribution in [0.3, 0.4) is 0 Å². The van der Waals surface area contributed by atoms with Gasteiger partial charge in [-0.15, -0.1) is 0 Å². The zero-order valence-corrected chi connectivity index (χ0v) is 13.9. The molecule has 7 nitrogen and oxygen atoms in total. The molecule has 1 amide bonds. The summed E-state index contributed by atoms with van der Waals surface area (Å²) in [5.41, 5.74) is 0.672. The van der Waals surface area contributed by atoms with Crippen LogP contribution >= 0.6 is 11.3 Å². The molecule has 2 heterocycles. The Kier molecular flexibility index (Phi) is 3.47. The van der Waals surface area contributed by atoms with Crippen molar-refractivity contribution in [1.29, 1.82) is 0 Å². The third-order valence-electron chi connectivity index (χ3n) is 3.88. The van der Waals surface area contributed by atoms with Gasteiger partial charge in [-0.05, 0) is 30.3 Å². The Morgan fingerprint density at radius 2 is 1.76 bits per heavy atom. The number of fused-ring (bicyclic) bond motifs is 2. The first kappa shape index (κ1) is 15.3. The van der Waals surface area contributed by atoms with Crippen molar-refractivity contribution in [3.8, 4) is 0 Å². The molecule has 0 bridgehead atoms. The summed E-state index contributed by atoms with van der Waals surface area (Å²) < 4.78 is 2.90. The zero-order valence-electron chi connectivity index (χ0n) is 13.1. The monoisotopic (exact) mass is 352 g/mol. The summed E-state index contributed by atoms with van der Waals surface area (Å²) in [7, 11) is 1.85. The molecule has 0 aliphatic carbocycles. The predicted molar refractivity (Wildman–Crippen MR) is 95.9 cm³/mol. The van der Waals surface area contributed by atoms with E-state index in [1.165, 1.54) is 17.4 Å². The molecule has 0 aliphatic heterocycles. The minimum absolute atomic E-state index is 0.327. The first-order chi connectivity index (χ1) is 12.0. The Bertz CT molecular complexity index is 1320. The largest absolute Gasteiger partial charge is 0.319 e. The standard InChI is InChI=1S/C17H12N4O3S/c1-21-12-4-2-3-5-13(12)25-17(21)20-14(22)9-6-7-10-11(8-9)19-16(24)15(23)18-10/h2-8H,1H3,(H,18,23)(H,19,24). The predicted octanol–water partition coefficient (Wildman–Crippen LogP) is 1.51. The van der Waals surface area contributed by atoms with E-state index < -0.39 is 17.0 Å². The SMILES string of the molecule is Cn1c(=NC(=O)c2ccc3[nH]c(=O)c(=O)[nH]c3c2)sc2ccccc21. The van der Waals surface area contributed by atoms with Gasteiger partial charge in [-0.2, -0.15) is 4.99 Å². The topological polar surface area (TPSA) is 100 Å². The van der Waals surface area contributed by atoms with E-state index in [0.717, 1.165) is 10.2 Å². The van der Waals surface area contributed by atoms with Crippen LogP contribution < -0.4 is 15.9 Å². The number of benzene rings is 2. The van der Waals surface area contributed by atoms with Crippen LogP contribution in [0.5, 0.6) is 0 Å². The molecule has 4 rings (SSSR count). The maximum atomic E-state index is 12.5. The van der Waals surface area contributed by atoms with E-state index in [1.807, 2.05) is 35.9 Å². The highest BCUT2D eigenvalue weighted by molar-refractivity contribution is 7.16. The second kappa shape index (κ2) is 5.67. The number of H-pyrrole nitrogens is 2. The molecular weight excluding hydrogens is 340 g/mol. The fourth-order valence-corrected chi connectivity index (χ4v) is 3.60. The highest BCUT2D eigenvalue weighted by Crippen LogP contribution is 2.16. The number of amides is 1. The summed E-state index contributed by atoms with van der Waals surface area (Å²) in [6, 6.07) is 12.4. The fourth-order valence-electron chi connectivity index (χ4n) is 2.59. The van der Waals surface area contributed by atoms with Gasteiger partial charge in [-0.1, -0.05) is 23.5 Å². The number of hydrogen-bond donors (Lipinski definition) is 2. The van der Waals surface area contributed by atoms with Crippen molar-refractivity contribution in [2.24, 2.45) is 12.0 Å². The Morgan fingerprint density at radius 3 is 2.52 bits per heavy atom. The third-order valence-corrected chi connectivity index (χ3v) is 4.99. The Labute approximate surface area is 143 Å². The highest BCUT2D eigenvalue weighted by Gasteiger charge is 2.09. The molecule has 2 aromatic heterocycles. The number of aromatic amines is 2. The second-order valence-corrected chi connectivity index (χ2v) is 6.51. The summed E-state index contributed by atoms with van der Waals surface area (Å²) in [6.45, 7) is 0. The molecule has 2 N–H and O–H groups in total. The molecule has 124 valence electrons. The van der Waals surface area contributed by atoms with E-state index in [-0.39, 0.29) is 0 Å². The Balaban J connectivity index is 1.83. The first-order valence-electron chi connectivity index (χ1n) is 7.43. The van der Waals surface area contributed by atoms with Gasteiger partial charge in [0.05, 0.1) is 21.3 Å². The molecule has 0 fully saturated rings. The molecule has 0 atom stereocenters. The van der Waals surface area contributed by atoms with Gasteiger partial charge in [0.25, 0.3) is 5.91 Å². The van der Waals surface area contributed by atoms with Gasteiger partial charge in [-0.3, -0.25) is 14.4 Å².